The van der Waals surface area contributed by atoms with Crippen molar-refractivity contribution in [1.82, 2.24) is 9.13 Å². The van der Waals surface area contributed by atoms with Gasteiger partial charge in [0.25, 0.3) is 13.0 Å². The van der Waals surface area contributed by atoms with Gasteiger partial charge in [0.1, 0.15) is 34.5 Å². The van der Waals surface area contributed by atoms with Crippen molar-refractivity contribution < 1.29 is 44.6 Å². The first-order valence-electron chi connectivity index (χ1n) is 24.6. The second-order valence-electron chi connectivity index (χ2n) is 19.9. The zero-order valence-electron chi connectivity index (χ0n) is 40.3. The maximum absolute atomic E-state index is 7.07. The van der Waals surface area contributed by atoms with Gasteiger partial charge in [-0.2, -0.15) is 42.0 Å². The van der Waals surface area contributed by atoms with Crippen molar-refractivity contribution in [2.45, 2.75) is 26.2 Å². The molecule has 74 heavy (non-hydrogen) atoms. The van der Waals surface area contributed by atoms with Gasteiger partial charge in [0.2, 0.25) is 0 Å². The number of fused-ring (bicyclic) bond motifs is 4. The van der Waals surface area contributed by atoms with Gasteiger partial charge in [0.05, 0.1) is 16.7 Å². The smallest absolute Gasteiger partial charge is 0.510 e. The largest absolute Gasteiger partial charge is 4.00 e. The van der Waals surface area contributed by atoms with E-state index in [1.165, 1.54) is 5.56 Å². The minimum atomic E-state index is -0.126. The summed E-state index contributed by atoms with van der Waals surface area (Å²) in [6.07, 6.45) is 3.83. The van der Waals surface area contributed by atoms with E-state index in [9.17, 15) is 0 Å². The standard InChI is InChI=1S/C65H41BN3O4.Pt/c1-65(2,3)41-18-11-20-43(36-41)69-51-25-8-7-22-47(51)48-33-32-45(38-54(48)69)70-44-21-12-19-42(37-44)67-39-68(53-27-10-9-26-52(53)67)63-46(40-16-5-4-6-17-40)23-13-24-49(63)50-34-35-59-62-64(50)73-58-31-15-30-57-61(58)66(62)60-55(71-57)28-14-29-56(60)72-59;/h4-19,21-36H,1-3H3;/q-3;+4. The summed E-state index contributed by atoms with van der Waals surface area (Å²) < 4.78 is 33.4. The van der Waals surface area contributed by atoms with Crippen LogP contribution in [-0.2, 0) is 26.5 Å². The Morgan fingerprint density at radius 1 is 0.527 bits per heavy atom. The zero-order valence-corrected chi connectivity index (χ0v) is 42.6. The zero-order chi connectivity index (χ0) is 48.5. The van der Waals surface area contributed by atoms with Crippen LogP contribution in [0.3, 0.4) is 0 Å². The Morgan fingerprint density at radius 3 is 1.97 bits per heavy atom. The normalized spacial score (nSPS) is 12.7. The summed E-state index contributed by atoms with van der Waals surface area (Å²) in [6, 6.07) is 77.5. The molecule has 0 spiro atoms. The summed E-state index contributed by atoms with van der Waals surface area (Å²) >= 11 is 0. The quantitative estimate of drug-likeness (QED) is 0.0907. The first-order valence-corrected chi connectivity index (χ1v) is 24.6. The van der Waals surface area contributed by atoms with Crippen LogP contribution < -0.4 is 39.9 Å². The summed E-state index contributed by atoms with van der Waals surface area (Å²) in [7, 11) is 0. The minimum absolute atomic E-state index is 0. The summed E-state index contributed by atoms with van der Waals surface area (Å²) in [5.41, 5.74) is 14.8. The molecule has 0 unspecified atom stereocenters. The molecule has 352 valence electrons. The molecule has 0 saturated heterocycles. The Kier molecular flexibility index (Phi) is 9.99. The molecule has 9 heteroatoms. The van der Waals surface area contributed by atoms with Gasteiger partial charge in [0.15, 0.2) is 0 Å². The molecule has 3 aliphatic heterocycles. The van der Waals surface area contributed by atoms with Gasteiger partial charge in [0, 0.05) is 39.0 Å². The van der Waals surface area contributed by atoms with E-state index in [1.54, 1.807) is 0 Å². The van der Waals surface area contributed by atoms with Crippen LogP contribution in [0.2, 0.25) is 0 Å². The van der Waals surface area contributed by atoms with Crippen LogP contribution in [0.15, 0.2) is 194 Å². The van der Waals surface area contributed by atoms with Crippen LogP contribution in [0.25, 0.3) is 72.2 Å². The van der Waals surface area contributed by atoms with Crippen molar-refractivity contribution in [3.63, 3.8) is 0 Å². The summed E-state index contributed by atoms with van der Waals surface area (Å²) in [4.78, 5) is 0. The van der Waals surface area contributed by atoms with Crippen LogP contribution in [0.1, 0.15) is 26.3 Å². The van der Waals surface area contributed by atoms with Gasteiger partial charge in [-0.05, 0) is 75.6 Å². The van der Waals surface area contributed by atoms with E-state index < -0.39 is 0 Å². The molecule has 3 aliphatic rings. The number of benzene rings is 10. The van der Waals surface area contributed by atoms with Crippen molar-refractivity contribution >= 4 is 55.9 Å². The van der Waals surface area contributed by atoms with Crippen molar-refractivity contribution in [2.24, 2.45) is 0 Å². The maximum atomic E-state index is 7.07. The van der Waals surface area contributed by atoms with Crippen molar-refractivity contribution in [1.29, 1.82) is 0 Å². The SMILES string of the molecule is CC(C)(C)c1cc[c-]c(-n2c3[c-]c(Oc4[c-]c(-n5[c-][n+](-c6c(-c7ccccc7)cccc6-c6ccc7c8c6Oc6cccc9c6B8c6c(cccc6O7)O9)c6ccccc65)ccc4)ccc3c3ccccc32)c1.[Pt+4]. The van der Waals surface area contributed by atoms with Gasteiger partial charge < -0.3 is 28.1 Å². The minimum Gasteiger partial charge on any atom is -0.510 e. The Balaban J connectivity index is 0.00000505. The van der Waals surface area contributed by atoms with Gasteiger partial charge >= 0.3 is 21.1 Å². The fourth-order valence-electron chi connectivity index (χ4n) is 11.3. The third kappa shape index (κ3) is 6.74. The molecule has 0 atom stereocenters. The average Bonchev–Trinajstić information content (AvgIpc) is 3.97. The number of nitrogens with zero attached hydrogens (tertiary/aromatic N) is 3. The molecule has 0 bridgehead atoms. The number of hydrogen-bond donors (Lipinski definition) is 0. The van der Waals surface area contributed by atoms with Crippen molar-refractivity contribution in [2.75, 3.05) is 0 Å². The number of imidazole rings is 1. The molecule has 0 amide bonds. The van der Waals surface area contributed by atoms with E-state index in [2.05, 4.69) is 186 Å². The number of ether oxygens (including phenoxy) is 4. The number of hydrogen-bond acceptors (Lipinski definition) is 4. The number of aromatic nitrogens is 3. The van der Waals surface area contributed by atoms with Crippen LogP contribution in [0.4, 0.5) is 0 Å². The predicted molar refractivity (Wildman–Crippen MR) is 288 cm³/mol. The Hall–Kier alpha value is -8.58. The van der Waals surface area contributed by atoms with Gasteiger partial charge in [-0.3, -0.25) is 4.57 Å². The third-order valence-electron chi connectivity index (χ3n) is 14.6. The molecule has 5 heterocycles. The van der Waals surface area contributed by atoms with Crippen LogP contribution >= 0.6 is 0 Å². The number of rotatable bonds is 7. The van der Waals surface area contributed by atoms with E-state index >= 15 is 0 Å². The Bertz CT molecular complexity index is 4250. The fourth-order valence-corrected chi connectivity index (χ4v) is 11.3. The van der Waals surface area contributed by atoms with Gasteiger partial charge in [-0.1, -0.05) is 135 Å². The van der Waals surface area contributed by atoms with Crippen LogP contribution in [-0.4, -0.2) is 15.8 Å². The molecule has 7 nitrogen and oxygen atoms in total. The van der Waals surface area contributed by atoms with Gasteiger partial charge in [-0.25, -0.2) is 0 Å². The van der Waals surface area contributed by atoms with E-state index in [0.29, 0.717) is 11.5 Å². The van der Waals surface area contributed by atoms with Crippen LogP contribution in [0, 0.1) is 24.5 Å². The molecule has 0 aliphatic carbocycles. The molecular weight excluding hydrogens is 1090 g/mol. The Morgan fingerprint density at radius 2 is 1.19 bits per heavy atom. The van der Waals surface area contributed by atoms with E-state index in [0.717, 1.165) is 123 Å². The molecule has 0 fully saturated rings. The summed E-state index contributed by atoms with van der Waals surface area (Å²) in [5, 5.41) is 2.23. The first kappa shape index (κ1) is 44.1. The van der Waals surface area contributed by atoms with E-state index in [4.69, 9.17) is 18.9 Å². The molecule has 12 aromatic rings. The average molecular weight is 1130 g/mol. The molecule has 0 saturated carbocycles. The predicted octanol–water partition coefficient (Wildman–Crippen LogP) is 13.5. The Labute approximate surface area is 442 Å². The monoisotopic (exact) mass is 1130 g/mol. The second-order valence-corrected chi connectivity index (χ2v) is 19.9. The molecule has 0 radical (unpaired) electrons. The van der Waals surface area contributed by atoms with E-state index in [-0.39, 0.29) is 33.2 Å². The summed E-state index contributed by atoms with van der Waals surface area (Å²) in [5.74, 6) is 5.83. The maximum Gasteiger partial charge on any atom is 4.00 e. The molecule has 0 N–H and O–H groups in total. The number of para-hydroxylation sites is 4. The third-order valence-corrected chi connectivity index (χ3v) is 14.6. The second kappa shape index (κ2) is 16.7. The first-order chi connectivity index (χ1) is 35.8. The topological polar surface area (TPSA) is 50.7 Å². The fraction of sp³-hybridized carbons (Fsp3) is 0.0615. The molecular formula is C65H41BN3O4Pt+. The van der Waals surface area contributed by atoms with Crippen molar-refractivity contribution in [3.05, 3.63) is 224 Å². The van der Waals surface area contributed by atoms with Gasteiger partial charge in [-0.15, -0.1) is 35.7 Å². The summed E-state index contributed by atoms with van der Waals surface area (Å²) in [6.45, 7) is 6.58. The molecule has 15 rings (SSSR count). The van der Waals surface area contributed by atoms with E-state index in [1.807, 2.05) is 66.7 Å². The van der Waals surface area contributed by atoms with Crippen LogP contribution in [0.5, 0.6) is 46.0 Å². The van der Waals surface area contributed by atoms with Crippen molar-refractivity contribution in [3.8, 4) is 85.3 Å². The molecule has 2 aromatic heterocycles. The molecule has 10 aromatic carbocycles.